The lowest BCUT2D eigenvalue weighted by Gasteiger charge is -2.07. The molecule has 0 bridgehead atoms. The third-order valence-corrected chi connectivity index (χ3v) is 7.25. The maximum Gasteiger partial charge on any atom is 0.235 e. The summed E-state index contributed by atoms with van der Waals surface area (Å²) in [7, 11) is 1.91. The zero-order chi connectivity index (χ0) is 21.1. The van der Waals surface area contributed by atoms with E-state index < -0.39 is 0 Å². The van der Waals surface area contributed by atoms with Crippen LogP contribution in [0.25, 0.3) is 22.5 Å². The van der Waals surface area contributed by atoms with Crippen molar-refractivity contribution in [2.75, 3.05) is 11.1 Å². The normalized spacial score (nSPS) is 10.7. The van der Waals surface area contributed by atoms with Crippen LogP contribution in [0.4, 0.5) is 5.00 Å². The molecule has 1 amide bonds. The van der Waals surface area contributed by atoms with E-state index in [1.807, 2.05) is 29.8 Å². The van der Waals surface area contributed by atoms with Crippen molar-refractivity contribution in [3.63, 3.8) is 0 Å². The first-order valence-corrected chi connectivity index (χ1v) is 11.8. The molecule has 0 spiro atoms. The minimum absolute atomic E-state index is 0.181. The summed E-state index contributed by atoms with van der Waals surface area (Å²) >= 11 is 4.34. The summed E-state index contributed by atoms with van der Waals surface area (Å²) in [6, 6.07) is 14.0. The van der Waals surface area contributed by atoms with Crippen molar-refractivity contribution in [2.24, 2.45) is 7.05 Å². The van der Waals surface area contributed by atoms with Gasteiger partial charge >= 0.3 is 0 Å². The van der Waals surface area contributed by atoms with Crippen LogP contribution in [0.1, 0.15) is 10.4 Å². The average molecular weight is 452 g/mol. The number of carbonyl (C=O) groups excluding carboxylic acids is 1. The smallest absolute Gasteiger partial charge is 0.235 e. The number of nitrogens with one attached hydrogen (secondary N) is 1. The van der Waals surface area contributed by atoms with E-state index in [1.54, 1.807) is 22.8 Å². The highest BCUT2D eigenvalue weighted by atomic mass is 32.2. The van der Waals surface area contributed by atoms with Gasteiger partial charge < -0.3 is 9.88 Å². The largest absolute Gasteiger partial charge is 0.316 e. The summed E-state index contributed by atoms with van der Waals surface area (Å²) in [4.78, 5) is 13.5. The zero-order valence-electron chi connectivity index (χ0n) is 16.2. The van der Waals surface area contributed by atoms with Crippen LogP contribution in [0.5, 0.6) is 0 Å². The second-order valence-corrected chi connectivity index (χ2v) is 9.37. The number of aryl methyl sites for hydroxylation is 1. The van der Waals surface area contributed by atoms with Gasteiger partial charge in [-0.1, -0.05) is 42.1 Å². The fraction of sp³-hybridized carbons (Fsp3) is 0.143. The molecule has 3 heterocycles. The molecule has 0 atom stereocenters. The number of nitriles is 1. The molecular weight excluding hydrogens is 434 g/mol. The molecular formula is C21H17N5OS3. The van der Waals surface area contributed by atoms with Crippen molar-refractivity contribution in [2.45, 2.75) is 12.1 Å². The van der Waals surface area contributed by atoms with Crippen LogP contribution in [0.15, 0.2) is 52.3 Å². The van der Waals surface area contributed by atoms with Crippen molar-refractivity contribution < 1.29 is 4.79 Å². The SMILES string of the molecule is Cc1scc(-c2nnc(SCC(=O)Nc3sccc3C#N)n2C)c1-c1ccccc1. The van der Waals surface area contributed by atoms with E-state index in [4.69, 9.17) is 5.26 Å². The molecule has 4 aromatic rings. The monoisotopic (exact) mass is 451 g/mol. The number of thiophene rings is 2. The Morgan fingerprint density at radius 2 is 2.03 bits per heavy atom. The van der Waals surface area contributed by atoms with Gasteiger partial charge in [-0.05, 0) is 23.9 Å². The summed E-state index contributed by atoms with van der Waals surface area (Å²) in [6.45, 7) is 2.10. The van der Waals surface area contributed by atoms with Gasteiger partial charge in [0, 0.05) is 28.4 Å². The lowest BCUT2D eigenvalue weighted by Crippen LogP contribution is -2.14. The molecule has 0 saturated carbocycles. The van der Waals surface area contributed by atoms with Gasteiger partial charge in [-0.3, -0.25) is 4.79 Å². The van der Waals surface area contributed by atoms with Crippen LogP contribution < -0.4 is 5.32 Å². The number of thioether (sulfide) groups is 1. The Kier molecular flexibility index (Phi) is 5.99. The van der Waals surface area contributed by atoms with E-state index in [1.165, 1.54) is 28.0 Å². The molecule has 0 saturated heterocycles. The summed E-state index contributed by atoms with van der Waals surface area (Å²) < 4.78 is 1.91. The fourth-order valence-electron chi connectivity index (χ4n) is 3.04. The van der Waals surface area contributed by atoms with E-state index in [0.717, 1.165) is 22.5 Å². The molecule has 9 heteroatoms. The van der Waals surface area contributed by atoms with Crippen LogP contribution >= 0.6 is 34.4 Å². The highest BCUT2D eigenvalue weighted by Crippen LogP contribution is 2.38. The highest BCUT2D eigenvalue weighted by Gasteiger charge is 2.19. The van der Waals surface area contributed by atoms with E-state index in [-0.39, 0.29) is 11.7 Å². The van der Waals surface area contributed by atoms with Crippen LogP contribution in [-0.2, 0) is 11.8 Å². The molecule has 150 valence electrons. The highest BCUT2D eigenvalue weighted by molar-refractivity contribution is 7.99. The third kappa shape index (κ3) is 4.03. The molecule has 3 aromatic heterocycles. The molecule has 4 rings (SSSR count). The Bertz CT molecular complexity index is 1230. The van der Waals surface area contributed by atoms with Gasteiger partial charge in [0.2, 0.25) is 5.91 Å². The number of aromatic nitrogens is 3. The number of anilines is 1. The minimum Gasteiger partial charge on any atom is -0.316 e. The van der Waals surface area contributed by atoms with Gasteiger partial charge in [0.05, 0.1) is 11.3 Å². The predicted molar refractivity (Wildman–Crippen MR) is 123 cm³/mol. The number of benzene rings is 1. The van der Waals surface area contributed by atoms with Crippen molar-refractivity contribution >= 4 is 45.3 Å². The molecule has 0 aliphatic heterocycles. The van der Waals surface area contributed by atoms with Crippen LogP contribution in [0.2, 0.25) is 0 Å². The number of nitrogens with zero attached hydrogens (tertiary/aromatic N) is 4. The minimum atomic E-state index is -0.181. The maximum absolute atomic E-state index is 12.3. The van der Waals surface area contributed by atoms with Crippen LogP contribution in [0.3, 0.4) is 0 Å². The summed E-state index contributed by atoms with van der Waals surface area (Å²) in [6.07, 6.45) is 0. The molecule has 0 fully saturated rings. The topological polar surface area (TPSA) is 83.6 Å². The Hall–Kier alpha value is -2.93. The summed E-state index contributed by atoms with van der Waals surface area (Å²) in [5, 5.41) is 25.6. The predicted octanol–water partition coefficient (Wildman–Crippen LogP) is 5.18. The average Bonchev–Trinajstić information content (AvgIpc) is 3.45. The van der Waals surface area contributed by atoms with Crippen molar-refractivity contribution in [1.29, 1.82) is 5.26 Å². The van der Waals surface area contributed by atoms with Crippen molar-refractivity contribution in [3.8, 4) is 28.6 Å². The molecule has 0 aliphatic carbocycles. The third-order valence-electron chi connectivity index (χ3n) is 4.48. The fourth-order valence-corrected chi connectivity index (χ4v) is 5.37. The standard InChI is InChI=1S/C21H17N5OS3/c1-13-18(14-6-4-3-5-7-14)16(11-29-13)19-24-25-21(26(19)2)30-12-17(27)23-20-15(10-22)8-9-28-20/h3-9,11H,12H2,1-2H3,(H,23,27). The van der Waals surface area contributed by atoms with Gasteiger partial charge in [-0.25, -0.2) is 0 Å². The van der Waals surface area contributed by atoms with E-state index in [2.05, 4.69) is 46.0 Å². The summed E-state index contributed by atoms with van der Waals surface area (Å²) in [5.74, 6) is 0.772. The molecule has 6 nitrogen and oxygen atoms in total. The first-order valence-electron chi connectivity index (χ1n) is 9.02. The van der Waals surface area contributed by atoms with Crippen molar-refractivity contribution in [3.05, 3.63) is 57.6 Å². The summed E-state index contributed by atoms with van der Waals surface area (Å²) in [5.41, 5.74) is 3.81. The maximum atomic E-state index is 12.3. The molecule has 0 radical (unpaired) electrons. The molecule has 1 aromatic carbocycles. The molecule has 0 aliphatic rings. The molecule has 30 heavy (non-hydrogen) atoms. The zero-order valence-corrected chi connectivity index (χ0v) is 18.7. The van der Waals surface area contributed by atoms with E-state index in [9.17, 15) is 4.79 Å². The van der Waals surface area contributed by atoms with Crippen LogP contribution in [-0.4, -0.2) is 26.4 Å². The van der Waals surface area contributed by atoms with Crippen molar-refractivity contribution in [1.82, 2.24) is 14.8 Å². The number of rotatable bonds is 6. The van der Waals surface area contributed by atoms with Gasteiger partial charge in [-0.2, -0.15) is 5.26 Å². The number of carbonyl (C=O) groups is 1. The van der Waals surface area contributed by atoms with Gasteiger partial charge in [0.15, 0.2) is 11.0 Å². The molecule has 0 unspecified atom stereocenters. The second kappa shape index (κ2) is 8.83. The van der Waals surface area contributed by atoms with Crippen LogP contribution in [0, 0.1) is 18.3 Å². The lowest BCUT2D eigenvalue weighted by molar-refractivity contribution is -0.113. The Balaban J connectivity index is 1.52. The first-order chi connectivity index (χ1) is 14.6. The van der Waals surface area contributed by atoms with Gasteiger partial charge in [0.25, 0.3) is 0 Å². The second-order valence-electron chi connectivity index (χ2n) is 6.42. The number of amides is 1. The van der Waals surface area contributed by atoms with Gasteiger partial charge in [0.1, 0.15) is 11.1 Å². The Labute approximate surface area is 186 Å². The number of hydrogen-bond donors (Lipinski definition) is 1. The first kappa shape index (κ1) is 20.3. The quantitative estimate of drug-likeness (QED) is 0.408. The number of hydrogen-bond acceptors (Lipinski definition) is 7. The lowest BCUT2D eigenvalue weighted by atomic mass is 10.0. The molecule has 1 N–H and O–H groups in total. The Morgan fingerprint density at radius 1 is 1.23 bits per heavy atom. The van der Waals surface area contributed by atoms with Gasteiger partial charge in [-0.15, -0.1) is 32.9 Å². The Morgan fingerprint density at radius 3 is 2.80 bits per heavy atom. The van der Waals surface area contributed by atoms with E-state index in [0.29, 0.717) is 15.7 Å². The van der Waals surface area contributed by atoms with E-state index >= 15 is 0 Å².